The van der Waals surface area contributed by atoms with E-state index in [-0.39, 0.29) is 11.0 Å². The summed E-state index contributed by atoms with van der Waals surface area (Å²) in [6.07, 6.45) is 0. The van der Waals surface area contributed by atoms with Crippen molar-refractivity contribution in [1.82, 2.24) is 15.2 Å². The number of hydrogen-bond acceptors (Lipinski definition) is 6. The molecule has 1 saturated heterocycles. The fourth-order valence-corrected chi connectivity index (χ4v) is 1.29. The lowest BCUT2D eigenvalue weighted by molar-refractivity contribution is 0.122. The summed E-state index contributed by atoms with van der Waals surface area (Å²) in [7, 11) is 0. The average molecular weight is 216 g/mol. The number of anilines is 2. The second kappa shape index (κ2) is 3.93. The highest BCUT2D eigenvalue weighted by atomic mass is 35.5. The minimum Gasteiger partial charge on any atom is -0.381 e. The highest BCUT2D eigenvalue weighted by Crippen LogP contribution is 2.15. The van der Waals surface area contributed by atoms with Gasteiger partial charge in [0.15, 0.2) is 11.0 Å². The SMILES string of the molecule is Nc1nc(N2CCOCC2)nnc1Cl. The molecule has 0 spiro atoms. The van der Waals surface area contributed by atoms with Crippen molar-refractivity contribution in [3.8, 4) is 0 Å². The van der Waals surface area contributed by atoms with Gasteiger partial charge in [-0.15, -0.1) is 10.2 Å². The quantitative estimate of drug-likeness (QED) is 0.708. The Kier molecular flexibility index (Phi) is 2.64. The molecule has 2 N–H and O–H groups in total. The summed E-state index contributed by atoms with van der Waals surface area (Å²) >= 11 is 5.62. The third-order valence-electron chi connectivity index (χ3n) is 1.95. The first-order valence-corrected chi connectivity index (χ1v) is 4.63. The summed E-state index contributed by atoms with van der Waals surface area (Å²) in [6, 6.07) is 0. The number of halogens is 1. The molecule has 2 rings (SSSR count). The Balaban J connectivity index is 2.18. The van der Waals surface area contributed by atoms with Crippen molar-refractivity contribution in [3.05, 3.63) is 5.15 Å². The van der Waals surface area contributed by atoms with Crippen molar-refractivity contribution >= 4 is 23.4 Å². The Morgan fingerprint density at radius 3 is 2.64 bits per heavy atom. The summed E-state index contributed by atoms with van der Waals surface area (Å²) in [4.78, 5) is 6.00. The van der Waals surface area contributed by atoms with Crippen molar-refractivity contribution < 1.29 is 4.74 Å². The maximum Gasteiger partial charge on any atom is 0.247 e. The van der Waals surface area contributed by atoms with Crippen LogP contribution in [0.4, 0.5) is 11.8 Å². The average Bonchev–Trinajstić information content (AvgIpc) is 2.23. The summed E-state index contributed by atoms with van der Waals surface area (Å²) in [6.45, 7) is 2.85. The fourth-order valence-electron chi connectivity index (χ4n) is 1.21. The van der Waals surface area contributed by atoms with E-state index in [9.17, 15) is 0 Å². The van der Waals surface area contributed by atoms with Crippen LogP contribution in [0, 0.1) is 0 Å². The van der Waals surface area contributed by atoms with Gasteiger partial charge < -0.3 is 15.4 Å². The third-order valence-corrected chi connectivity index (χ3v) is 2.22. The smallest absolute Gasteiger partial charge is 0.247 e. The Morgan fingerprint density at radius 1 is 1.29 bits per heavy atom. The van der Waals surface area contributed by atoms with E-state index in [1.807, 2.05) is 4.90 Å². The topological polar surface area (TPSA) is 77.2 Å². The normalized spacial score (nSPS) is 17.1. The van der Waals surface area contributed by atoms with Crippen LogP contribution in [0.25, 0.3) is 0 Å². The molecular formula is C7H10ClN5O. The molecule has 76 valence electrons. The van der Waals surface area contributed by atoms with Crippen LogP contribution in [-0.4, -0.2) is 41.5 Å². The molecule has 1 fully saturated rings. The molecule has 0 unspecified atom stereocenters. The van der Waals surface area contributed by atoms with Crippen molar-refractivity contribution in [1.29, 1.82) is 0 Å². The number of morpholine rings is 1. The number of nitrogens with zero attached hydrogens (tertiary/aromatic N) is 4. The molecule has 1 aliphatic rings. The lowest BCUT2D eigenvalue weighted by Crippen LogP contribution is -2.37. The Morgan fingerprint density at radius 2 is 2.00 bits per heavy atom. The first kappa shape index (κ1) is 9.42. The van der Waals surface area contributed by atoms with Gasteiger partial charge in [0.25, 0.3) is 0 Å². The molecule has 1 aliphatic heterocycles. The van der Waals surface area contributed by atoms with Crippen LogP contribution in [-0.2, 0) is 4.74 Å². The van der Waals surface area contributed by atoms with E-state index < -0.39 is 0 Å². The van der Waals surface area contributed by atoms with Gasteiger partial charge in [-0.25, -0.2) is 0 Å². The molecule has 7 heteroatoms. The van der Waals surface area contributed by atoms with Gasteiger partial charge in [-0.1, -0.05) is 11.6 Å². The van der Waals surface area contributed by atoms with Crippen LogP contribution in [0.3, 0.4) is 0 Å². The molecular weight excluding hydrogens is 206 g/mol. The van der Waals surface area contributed by atoms with Crippen molar-refractivity contribution in [2.75, 3.05) is 36.9 Å². The standard InChI is InChI=1S/C7H10ClN5O/c8-5-6(9)10-7(12-11-5)13-1-3-14-4-2-13/h1-4H2,(H2,9,10,12). The number of aromatic nitrogens is 3. The van der Waals surface area contributed by atoms with E-state index in [0.29, 0.717) is 19.2 Å². The Labute approximate surface area is 86.0 Å². The van der Waals surface area contributed by atoms with Gasteiger partial charge in [0.05, 0.1) is 13.2 Å². The zero-order valence-electron chi connectivity index (χ0n) is 7.48. The Hall–Kier alpha value is -1.14. The molecule has 14 heavy (non-hydrogen) atoms. The molecule has 0 atom stereocenters. The highest BCUT2D eigenvalue weighted by molar-refractivity contribution is 6.31. The van der Waals surface area contributed by atoms with E-state index in [0.717, 1.165) is 13.1 Å². The monoisotopic (exact) mass is 215 g/mol. The first-order valence-electron chi connectivity index (χ1n) is 4.26. The van der Waals surface area contributed by atoms with Gasteiger partial charge in [0.2, 0.25) is 5.95 Å². The van der Waals surface area contributed by atoms with Crippen LogP contribution >= 0.6 is 11.6 Å². The van der Waals surface area contributed by atoms with Crippen LogP contribution in [0.5, 0.6) is 0 Å². The molecule has 0 amide bonds. The molecule has 2 heterocycles. The largest absolute Gasteiger partial charge is 0.381 e. The number of rotatable bonds is 1. The summed E-state index contributed by atoms with van der Waals surface area (Å²) < 4.78 is 5.20. The minimum atomic E-state index is 0.141. The van der Waals surface area contributed by atoms with E-state index in [1.54, 1.807) is 0 Å². The second-order valence-corrected chi connectivity index (χ2v) is 3.25. The van der Waals surface area contributed by atoms with Crippen LogP contribution < -0.4 is 10.6 Å². The zero-order chi connectivity index (χ0) is 9.97. The maximum atomic E-state index is 5.62. The molecule has 0 radical (unpaired) electrons. The molecule has 0 aromatic carbocycles. The summed E-state index contributed by atoms with van der Waals surface area (Å²) in [5.74, 6) is 0.721. The highest BCUT2D eigenvalue weighted by Gasteiger charge is 2.15. The van der Waals surface area contributed by atoms with Gasteiger partial charge in [-0.3, -0.25) is 0 Å². The number of nitrogen functional groups attached to an aromatic ring is 1. The molecule has 1 aromatic heterocycles. The summed E-state index contributed by atoms with van der Waals surface area (Å²) in [5.41, 5.74) is 5.52. The fraction of sp³-hybridized carbons (Fsp3) is 0.571. The summed E-state index contributed by atoms with van der Waals surface area (Å²) in [5, 5.41) is 7.70. The van der Waals surface area contributed by atoms with E-state index in [1.165, 1.54) is 0 Å². The lowest BCUT2D eigenvalue weighted by Gasteiger charge is -2.26. The van der Waals surface area contributed by atoms with Crippen molar-refractivity contribution in [2.45, 2.75) is 0 Å². The predicted octanol–water partition coefficient (Wildman–Crippen LogP) is -0.0562. The predicted molar refractivity (Wildman–Crippen MR) is 52.3 cm³/mol. The van der Waals surface area contributed by atoms with Crippen LogP contribution in [0.1, 0.15) is 0 Å². The number of nitrogens with two attached hydrogens (primary N) is 1. The molecule has 0 bridgehead atoms. The van der Waals surface area contributed by atoms with E-state index in [4.69, 9.17) is 22.1 Å². The van der Waals surface area contributed by atoms with Crippen LogP contribution in [0.2, 0.25) is 5.15 Å². The van der Waals surface area contributed by atoms with Crippen molar-refractivity contribution in [3.63, 3.8) is 0 Å². The van der Waals surface area contributed by atoms with Crippen molar-refractivity contribution in [2.24, 2.45) is 0 Å². The van der Waals surface area contributed by atoms with Gasteiger partial charge in [0.1, 0.15) is 0 Å². The van der Waals surface area contributed by atoms with Gasteiger partial charge in [-0.05, 0) is 0 Å². The number of ether oxygens (including phenoxy) is 1. The maximum absolute atomic E-state index is 5.62. The molecule has 1 aromatic rings. The molecule has 0 saturated carbocycles. The first-order chi connectivity index (χ1) is 6.77. The minimum absolute atomic E-state index is 0.141. The van der Waals surface area contributed by atoms with Gasteiger partial charge in [0, 0.05) is 13.1 Å². The molecule has 6 nitrogen and oxygen atoms in total. The second-order valence-electron chi connectivity index (χ2n) is 2.89. The van der Waals surface area contributed by atoms with E-state index >= 15 is 0 Å². The zero-order valence-corrected chi connectivity index (χ0v) is 8.24. The third kappa shape index (κ3) is 1.85. The van der Waals surface area contributed by atoms with Gasteiger partial charge >= 0.3 is 0 Å². The lowest BCUT2D eigenvalue weighted by atomic mass is 10.4. The van der Waals surface area contributed by atoms with Gasteiger partial charge in [-0.2, -0.15) is 4.98 Å². The molecule has 0 aliphatic carbocycles. The van der Waals surface area contributed by atoms with Crippen LogP contribution in [0.15, 0.2) is 0 Å². The van der Waals surface area contributed by atoms with E-state index in [2.05, 4.69) is 15.2 Å². The number of hydrogen-bond donors (Lipinski definition) is 1. The Bertz CT molecular complexity index is 328.